The minimum absolute atomic E-state index is 0.0133. The summed E-state index contributed by atoms with van der Waals surface area (Å²) in [6.45, 7) is 5.31. The van der Waals surface area contributed by atoms with Crippen LogP contribution in [0.2, 0.25) is 0 Å². The number of carbonyl (C=O) groups excluding carboxylic acids is 2. The van der Waals surface area contributed by atoms with Crippen molar-refractivity contribution in [1.82, 2.24) is 4.98 Å². The van der Waals surface area contributed by atoms with Crippen molar-refractivity contribution in [3.8, 4) is 0 Å². The van der Waals surface area contributed by atoms with Crippen LogP contribution in [0.5, 0.6) is 0 Å². The van der Waals surface area contributed by atoms with Crippen molar-refractivity contribution in [2.24, 2.45) is 5.16 Å². The summed E-state index contributed by atoms with van der Waals surface area (Å²) in [4.78, 5) is 34.9. The molecule has 0 saturated heterocycles. The molecule has 188 valence electrons. The number of carbonyl (C=O) groups is 2. The van der Waals surface area contributed by atoms with E-state index in [-0.39, 0.29) is 16.5 Å². The highest BCUT2D eigenvalue weighted by Gasteiger charge is 2.39. The quantitative estimate of drug-likeness (QED) is 0.127. The Morgan fingerprint density at radius 2 is 1.35 bits per heavy atom. The van der Waals surface area contributed by atoms with Gasteiger partial charge in [-0.25, -0.2) is 9.78 Å². The molecule has 1 amide bonds. The normalized spacial score (nSPS) is 12.0. The van der Waals surface area contributed by atoms with E-state index in [0.29, 0.717) is 6.29 Å². The zero-order valence-electron chi connectivity index (χ0n) is 20.8. The molecule has 0 aliphatic carbocycles. The maximum atomic E-state index is 12.1. The highest BCUT2D eigenvalue weighted by atomic mass is 32.1. The number of aromatic nitrogens is 1. The second-order valence-electron chi connectivity index (χ2n) is 9.13. The fraction of sp³-hybridized carbons (Fsp3) is 0.172. The number of nitrogens with zero attached hydrogens (tertiary/aromatic N) is 2. The van der Waals surface area contributed by atoms with Crippen LogP contribution in [-0.4, -0.2) is 28.7 Å². The zero-order chi connectivity index (χ0) is 26.3. The topological polar surface area (TPSA) is 89.9 Å². The van der Waals surface area contributed by atoms with E-state index in [0.717, 1.165) is 28.0 Å². The van der Waals surface area contributed by atoms with Gasteiger partial charge in [0.15, 0.2) is 17.1 Å². The first-order valence-corrected chi connectivity index (χ1v) is 12.5. The highest BCUT2D eigenvalue weighted by Crippen LogP contribution is 2.40. The summed E-state index contributed by atoms with van der Waals surface area (Å²) in [6.07, 6.45) is -0.0524. The molecular formula is C29H27N3O4S. The Morgan fingerprint density at radius 3 is 1.78 bits per heavy atom. The molecule has 8 heteroatoms. The molecule has 0 bridgehead atoms. The molecule has 37 heavy (non-hydrogen) atoms. The van der Waals surface area contributed by atoms with Gasteiger partial charge >= 0.3 is 6.09 Å². The number of anilines is 1. The van der Waals surface area contributed by atoms with Gasteiger partial charge in [-0.15, -0.1) is 11.3 Å². The van der Waals surface area contributed by atoms with Crippen LogP contribution in [0.15, 0.2) is 102 Å². The third-order valence-corrected chi connectivity index (χ3v) is 6.07. The number of nitrogens with one attached hydrogen (secondary N) is 1. The minimum atomic E-state index is -1.13. The lowest BCUT2D eigenvalue weighted by Gasteiger charge is -2.33. The maximum Gasteiger partial charge on any atom is 0.413 e. The van der Waals surface area contributed by atoms with Crippen LogP contribution in [0.4, 0.5) is 9.93 Å². The van der Waals surface area contributed by atoms with Gasteiger partial charge in [0.2, 0.25) is 5.60 Å². The lowest BCUT2D eigenvalue weighted by atomic mass is 9.80. The molecule has 0 saturated carbocycles. The second-order valence-corrected chi connectivity index (χ2v) is 9.99. The average molecular weight is 514 g/mol. The number of amides is 1. The van der Waals surface area contributed by atoms with Gasteiger partial charge < -0.3 is 9.57 Å². The van der Waals surface area contributed by atoms with E-state index in [4.69, 9.17) is 9.57 Å². The number of rotatable bonds is 8. The van der Waals surface area contributed by atoms with Crippen molar-refractivity contribution in [2.45, 2.75) is 32.0 Å². The summed E-state index contributed by atoms with van der Waals surface area (Å²) in [7, 11) is 0. The number of aldehydes is 1. The largest absolute Gasteiger partial charge is 0.444 e. The fourth-order valence-corrected chi connectivity index (χ4v) is 4.45. The van der Waals surface area contributed by atoms with E-state index in [9.17, 15) is 9.59 Å². The van der Waals surface area contributed by atoms with E-state index < -0.39 is 17.3 Å². The maximum absolute atomic E-state index is 12.1. The van der Waals surface area contributed by atoms with Gasteiger partial charge in [0.25, 0.3) is 0 Å². The molecular weight excluding hydrogens is 486 g/mol. The van der Waals surface area contributed by atoms with E-state index in [1.807, 2.05) is 91.0 Å². The highest BCUT2D eigenvalue weighted by molar-refractivity contribution is 7.14. The Balaban J connectivity index is 1.74. The van der Waals surface area contributed by atoms with Crippen molar-refractivity contribution in [3.05, 3.63) is 119 Å². The first-order chi connectivity index (χ1) is 17.8. The molecule has 0 aliphatic rings. The molecule has 0 spiro atoms. The summed E-state index contributed by atoms with van der Waals surface area (Å²) in [6, 6.07) is 29.1. The van der Waals surface area contributed by atoms with Gasteiger partial charge in [0.1, 0.15) is 11.3 Å². The smallest absolute Gasteiger partial charge is 0.413 e. The fourth-order valence-electron chi connectivity index (χ4n) is 3.76. The monoisotopic (exact) mass is 513 g/mol. The SMILES string of the molecule is CC(C)(C)OC(=O)Nc1nc(/C(C=O)=N/OC(c2ccccc2)(c2ccccc2)c2ccccc2)cs1. The summed E-state index contributed by atoms with van der Waals surface area (Å²) in [5, 5.41) is 8.80. The summed E-state index contributed by atoms with van der Waals surface area (Å²) in [5.74, 6) is 0. The molecule has 1 heterocycles. The number of thiazole rings is 1. The van der Waals surface area contributed by atoms with E-state index in [2.05, 4.69) is 15.5 Å². The Labute approximate surface area is 219 Å². The molecule has 4 rings (SSSR count). The van der Waals surface area contributed by atoms with Crippen molar-refractivity contribution < 1.29 is 19.2 Å². The summed E-state index contributed by atoms with van der Waals surface area (Å²) >= 11 is 1.15. The first kappa shape index (κ1) is 25.8. The summed E-state index contributed by atoms with van der Waals surface area (Å²) < 4.78 is 5.27. The Kier molecular flexibility index (Phi) is 7.79. The van der Waals surface area contributed by atoms with Gasteiger partial charge in [-0.3, -0.25) is 10.1 Å². The lowest BCUT2D eigenvalue weighted by Crippen LogP contribution is -2.31. The van der Waals surface area contributed by atoms with Crippen LogP contribution in [0, 0.1) is 0 Å². The van der Waals surface area contributed by atoms with Crippen molar-refractivity contribution in [3.63, 3.8) is 0 Å². The molecule has 0 atom stereocenters. The molecule has 0 radical (unpaired) electrons. The van der Waals surface area contributed by atoms with Crippen molar-refractivity contribution in [2.75, 3.05) is 5.32 Å². The van der Waals surface area contributed by atoms with Gasteiger partial charge in [-0.2, -0.15) is 0 Å². The van der Waals surface area contributed by atoms with E-state index in [1.165, 1.54) is 0 Å². The Hall–Kier alpha value is -4.30. The van der Waals surface area contributed by atoms with Gasteiger partial charge in [-0.1, -0.05) is 96.2 Å². The van der Waals surface area contributed by atoms with Crippen LogP contribution < -0.4 is 5.32 Å². The minimum Gasteiger partial charge on any atom is -0.444 e. The van der Waals surface area contributed by atoms with Gasteiger partial charge in [0.05, 0.1) is 0 Å². The molecule has 1 N–H and O–H groups in total. The molecule has 3 aromatic carbocycles. The number of hydrogen-bond acceptors (Lipinski definition) is 7. The van der Waals surface area contributed by atoms with E-state index in [1.54, 1.807) is 26.2 Å². The molecule has 4 aromatic rings. The van der Waals surface area contributed by atoms with Crippen molar-refractivity contribution in [1.29, 1.82) is 0 Å². The van der Waals surface area contributed by atoms with E-state index >= 15 is 0 Å². The van der Waals surface area contributed by atoms with Crippen LogP contribution in [0.3, 0.4) is 0 Å². The number of benzene rings is 3. The Morgan fingerprint density at radius 1 is 0.865 bits per heavy atom. The number of ether oxygens (including phenoxy) is 1. The third kappa shape index (κ3) is 6.10. The summed E-state index contributed by atoms with van der Waals surface area (Å²) in [5.41, 5.74) is 0.995. The molecule has 0 aliphatic heterocycles. The average Bonchev–Trinajstić information content (AvgIpc) is 3.35. The predicted octanol–water partition coefficient (Wildman–Crippen LogP) is 6.40. The van der Waals surface area contributed by atoms with Crippen LogP contribution in [0.1, 0.15) is 43.2 Å². The van der Waals surface area contributed by atoms with Crippen LogP contribution in [-0.2, 0) is 20.0 Å². The van der Waals surface area contributed by atoms with Crippen LogP contribution >= 0.6 is 11.3 Å². The van der Waals surface area contributed by atoms with Crippen molar-refractivity contribution >= 4 is 34.6 Å². The molecule has 0 unspecified atom stereocenters. The van der Waals surface area contributed by atoms with Crippen LogP contribution in [0.25, 0.3) is 0 Å². The number of hydrogen-bond donors (Lipinski definition) is 1. The van der Waals surface area contributed by atoms with Gasteiger partial charge in [0, 0.05) is 22.1 Å². The Bertz CT molecular complexity index is 1270. The molecule has 0 fully saturated rings. The predicted molar refractivity (Wildman–Crippen MR) is 145 cm³/mol. The lowest BCUT2D eigenvalue weighted by molar-refractivity contribution is -0.103. The zero-order valence-corrected chi connectivity index (χ0v) is 21.6. The number of oxime groups is 1. The first-order valence-electron chi connectivity index (χ1n) is 11.7. The standard InChI is InChI=1S/C29H27N3O4S/c1-28(2,3)35-27(34)31-26-30-25(20-37-26)24(19-33)32-36-29(21-13-7-4-8-14-21,22-15-9-5-10-16-22)23-17-11-6-12-18-23/h4-20H,1-3H3,(H,30,31,34)/b32-24+. The third-order valence-electron chi connectivity index (χ3n) is 5.31. The second kappa shape index (κ2) is 11.2. The molecule has 7 nitrogen and oxygen atoms in total. The van der Waals surface area contributed by atoms with Gasteiger partial charge in [-0.05, 0) is 20.8 Å². The molecule has 1 aromatic heterocycles.